The minimum Gasteiger partial charge on any atom is -0.478 e. The van der Waals surface area contributed by atoms with Crippen LogP contribution in [0.15, 0.2) is 24.3 Å². The number of carbonyl (C=O) groups is 1. The molecule has 4 heteroatoms. The van der Waals surface area contributed by atoms with E-state index in [9.17, 15) is 4.79 Å². The number of carboxylic acids is 1. The maximum Gasteiger partial charge on any atom is 0.328 e. The second-order valence-electron chi connectivity index (χ2n) is 4.83. The Labute approximate surface area is 113 Å². The van der Waals surface area contributed by atoms with Gasteiger partial charge in [-0.1, -0.05) is 6.07 Å². The molecule has 0 amide bonds. The normalized spacial score (nSPS) is 19.9. The second-order valence-corrected chi connectivity index (χ2v) is 4.83. The van der Waals surface area contributed by atoms with Gasteiger partial charge in [0.05, 0.1) is 13.2 Å². The number of aliphatic carboxylic acids is 1. The minimum atomic E-state index is -0.926. The first-order valence-corrected chi connectivity index (χ1v) is 6.44. The molecule has 0 spiro atoms. The summed E-state index contributed by atoms with van der Waals surface area (Å²) in [5, 5.41) is 8.65. The van der Waals surface area contributed by atoms with Crippen LogP contribution in [-0.2, 0) is 9.53 Å². The Balaban J connectivity index is 2.20. The fraction of sp³-hybridized carbons (Fsp3) is 0.400. The number of aryl methyl sites for hydroxylation is 1. The molecule has 2 rings (SSSR count). The summed E-state index contributed by atoms with van der Waals surface area (Å²) < 4.78 is 5.43. The highest BCUT2D eigenvalue weighted by Crippen LogP contribution is 2.23. The molecule has 0 aromatic heterocycles. The van der Waals surface area contributed by atoms with Gasteiger partial charge in [0, 0.05) is 24.4 Å². The number of rotatable bonds is 3. The van der Waals surface area contributed by atoms with Crippen molar-refractivity contribution in [3.63, 3.8) is 0 Å². The van der Waals surface area contributed by atoms with E-state index in [0.717, 1.165) is 30.9 Å². The SMILES string of the molecule is Cc1cc(N2CCOCC2C)ccc1/C=C/C(=O)O. The average Bonchev–Trinajstić information content (AvgIpc) is 2.37. The Kier molecular flexibility index (Phi) is 4.22. The van der Waals surface area contributed by atoms with E-state index in [-0.39, 0.29) is 0 Å². The zero-order valence-electron chi connectivity index (χ0n) is 11.3. The third-order valence-electron chi connectivity index (χ3n) is 3.36. The molecule has 1 heterocycles. The summed E-state index contributed by atoms with van der Waals surface area (Å²) in [5.74, 6) is -0.926. The van der Waals surface area contributed by atoms with E-state index >= 15 is 0 Å². The van der Waals surface area contributed by atoms with Gasteiger partial charge in [-0.15, -0.1) is 0 Å². The number of nitrogens with zero attached hydrogens (tertiary/aromatic N) is 1. The molecule has 0 aliphatic carbocycles. The van der Waals surface area contributed by atoms with Gasteiger partial charge in [-0.2, -0.15) is 0 Å². The first-order valence-electron chi connectivity index (χ1n) is 6.44. The van der Waals surface area contributed by atoms with E-state index in [1.807, 2.05) is 19.1 Å². The van der Waals surface area contributed by atoms with Gasteiger partial charge in [-0.05, 0) is 43.2 Å². The highest BCUT2D eigenvalue weighted by Gasteiger charge is 2.19. The predicted molar refractivity (Wildman–Crippen MR) is 75.5 cm³/mol. The van der Waals surface area contributed by atoms with Gasteiger partial charge in [-0.3, -0.25) is 0 Å². The molecule has 102 valence electrons. The van der Waals surface area contributed by atoms with Crippen molar-refractivity contribution in [2.45, 2.75) is 19.9 Å². The standard InChI is InChI=1S/C15H19NO3/c1-11-9-14(16-7-8-19-10-12(16)2)5-3-13(11)4-6-15(17)18/h3-6,9,12H,7-8,10H2,1-2H3,(H,17,18)/b6-4+. The quantitative estimate of drug-likeness (QED) is 0.848. The van der Waals surface area contributed by atoms with Crippen LogP contribution in [0.25, 0.3) is 6.08 Å². The number of morpholine rings is 1. The smallest absolute Gasteiger partial charge is 0.328 e. The summed E-state index contributed by atoms with van der Waals surface area (Å²) in [6.45, 7) is 6.54. The van der Waals surface area contributed by atoms with Crippen molar-refractivity contribution < 1.29 is 14.6 Å². The van der Waals surface area contributed by atoms with Gasteiger partial charge in [0.25, 0.3) is 0 Å². The molecule has 19 heavy (non-hydrogen) atoms. The summed E-state index contributed by atoms with van der Waals surface area (Å²) >= 11 is 0. The van der Waals surface area contributed by atoms with Gasteiger partial charge in [0.1, 0.15) is 0 Å². The van der Waals surface area contributed by atoms with Crippen molar-refractivity contribution in [1.82, 2.24) is 0 Å². The van der Waals surface area contributed by atoms with Gasteiger partial charge in [0.15, 0.2) is 0 Å². The molecule has 0 bridgehead atoms. The van der Waals surface area contributed by atoms with Crippen LogP contribution in [-0.4, -0.2) is 36.9 Å². The fourth-order valence-corrected chi connectivity index (χ4v) is 2.30. The van der Waals surface area contributed by atoms with Gasteiger partial charge in [0.2, 0.25) is 0 Å². The highest BCUT2D eigenvalue weighted by atomic mass is 16.5. The van der Waals surface area contributed by atoms with E-state index in [1.165, 1.54) is 11.8 Å². The van der Waals surface area contributed by atoms with Crippen molar-refractivity contribution in [1.29, 1.82) is 0 Å². The van der Waals surface area contributed by atoms with Crippen molar-refractivity contribution in [2.24, 2.45) is 0 Å². The molecular formula is C15H19NO3. The lowest BCUT2D eigenvalue weighted by molar-refractivity contribution is -0.131. The van der Waals surface area contributed by atoms with Crippen molar-refractivity contribution >= 4 is 17.7 Å². The molecule has 1 saturated heterocycles. The number of hydrogen-bond donors (Lipinski definition) is 1. The third-order valence-corrected chi connectivity index (χ3v) is 3.36. The number of benzene rings is 1. The van der Waals surface area contributed by atoms with E-state index < -0.39 is 5.97 Å². The maximum atomic E-state index is 10.5. The first kappa shape index (κ1) is 13.6. The molecule has 1 aromatic carbocycles. The molecular weight excluding hydrogens is 242 g/mol. The van der Waals surface area contributed by atoms with E-state index in [4.69, 9.17) is 9.84 Å². The number of anilines is 1. The topological polar surface area (TPSA) is 49.8 Å². The minimum absolute atomic E-state index is 0.369. The monoisotopic (exact) mass is 261 g/mol. The Bertz CT molecular complexity index is 496. The van der Waals surface area contributed by atoms with Gasteiger partial charge in [-0.25, -0.2) is 4.79 Å². The van der Waals surface area contributed by atoms with Crippen molar-refractivity contribution in [3.8, 4) is 0 Å². The van der Waals surface area contributed by atoms with Crippen molar-refractivity contribution in [2.75, 3.05) is 24.7 Å². The fourth-order valence-electron chi connectivity index (χ4n) is 2.30. The van der Waals surface area contributed by atoms with Crippen LogP contribution in [0.4, 0.5) is 5.69 Å². The van der Waals surface area contributed by atoms with Crippen LogP contribution in [0.3, 0.4) is 0 Å². The van der Waals surface area contributed by atoms with Gasteiger partial charge >= 0.3 is 5.97 Å². The summed E-state index contributed by atoms with van der Waals surface area (Å²) in [6.07, 6.45) is 2.80. The van der Waals surface area contributed by atoms with Crippen LogP contribution < -0.4 is 4.90 Å². The zero-order chi connectivity index (χ0) is 13.8. The highest BCUT2D eigenvalue weighted by molar-refractivity contribution is 5.85. The Morgan fingerprint density at radius 3 is 2.95 bits per heavy atom. The predicted octanol–water partition coefficient (Wildman–Crippen LogP) is 2.32. The Morgan fingerprint density at radius 2 is 2.32 bits per heavy atom. The van der Waals surface area contributed by atoms with E-state index in [2.05, 4.69) is 17.9 Å². The second kappa shape index (κ2) is 5.89. The molecule has 1 atom stereocenters. The van der Waals surface area contributed by atoms with Crippen molar-refractivity contribution in [3.05, 3.63) is 35.4 Å². The van der Waals surface area contributed by atoms with E-state index in [0.29, 0.717) is 6.04 Å². The van der Waals surface area contributed by atoms with Crippen LogP contribution in [0.1, 0.15) is 18.1 Å². The van der Waals surface area contributed by atoms with Crippen LogP contribution in [0.5, 0.6) is 0 Å². The Hall–Kier alpha value is -1.81. The van der Waals surface area contributed by atoms with Crippen LogP contribution >= 0.6 is 0 Å². The number of hydrogen-bond acceptors (Lipinski definition) is 3. The lowest BCUT2D eigenvalue weighted by Gasteiger charge is -2.35. The van der Waals surface area contributed by atoms with Crippen LogP contribution in [0, 0.1) is 6.92 Å². The van der Waals surface area contributed by atoms with Crippen LogP contribution in [0.2, 0.25) is 0 Å². The molecule has 1 aliphatic rings. The largest absolute Gasteiger partial charge is 0.478 e. The molecule has 0 saturated carbocycles. The number of ether oxygens (including phenoxy) is 1. The number of carboxylic acid groups (broad SMARTS) is 1. The lowest BCUT2D eigenvalue weighted by atomic mass is 10.1. The molecule has 1 aliphatic heterocycles. The molecule has 4 nitrogen and oxygen atoms in total. The van der Waals surface area contributed by atoms with E-state index in [1.54, 1.807) is 6.08 Å². The molecule has 1 aromatic rings. The molecule has 1 fully saturated rings. The average molecular weight is 261 g/mol. The molecule has 1 N–H and O–H groups in total. The first-order chi connectivity index (χ1) is 9.08. The van der Waals surface area contributed by atoms with Gasteiger partial charge < -0.3 is 14.7 Å². The molecule has 0 radical (unpaired) electrons. The molecule has 1 unspecified atom stereocenters. The Morgan fingerprint density at radius 1 is 1.53 bits per heavy atom. The third kappa shape index (κ3) is 3.35. The summed E-state index contributed by atoms with van der Waals surface area (Å²) in [4.78, 5) is 12.9. The summed E-state index contributed by atoms with van der Waals surface area (Å²) in [5.41, 5.74) is 3.18. The maximum absolute atomic E-state index is 10.5. The summed E-state index contributed by atoms with van der Waals surface area (Å²) in [7, 11) is 0. The lowest BCUT2D eigenvalue weighted by Crippen LogP contribution is -2.43. The zero-order valence-corrected chi connectivity index (χ0v) is 11.3. The summed E-state index contributed by atoms with van der Waals surface area (Å²) in [6, 6.07) is 6.47.